The number of carbonyl (C=O) groups is 2. The maximum atomic E-state index is 15.0. The second-order valence-electron chi connectivity index (χ2n) is 10.4. The second-order valence-corrected chi connectivity index (χ2v) is 10.4. The highest BCUT2D eigenvalue weighted by atomic mass is 19.1. The van der Waals surface area contributed by atoms with Crippen molar-refractivity contribution in [1.82, 2.24) is 5.32 Å². The molecule has 8 nitrogen and oxygen atoms in total. The lowest BCUT2D eigenvalue weighted by atomic mass is 9.85. The number of aromatic carboxylic acids is 1. The maximum Gasteiger partial charge on any atom is 0.335 e. The van der Waals surface area contributed by atoms with E-state index in [-0.39, 0.29) is 34.9 Å². The SMILES string of the molecule is C[C@H](NC(=O)c1ccc2c(c1)CCCN2CC1=C(F)C=CC(c2ccccc2C(=O)O)C1)c1ccc([N+](=O)[O-])cc1. The molecule has 0 saturated heterocycles. The zero-order valence-electron chi connectivity index (χ0n) is 22.5. The number of hydrogen-bond donors (Lipinski definition) is 2. The van der Waals surface area contributed by atoms with Gasteiger partial charge in [0.1, 0.15) is 5.83 Å². The summed E-state index contributed by atoms with van der Waals surface area (Å²) in [7, 11) is 0. The molecule has 0 aromatic heterocycles. The van der Waals surface area contributed by atoms with E-state index in [1.807, 2.05) is 19.1 Å². The summed E-state index contributed by atoms with van der Waals surface area (Å²) in [5.41, 5.74) is 4.72. The first-order valence-electron chi connectivity index (χ1n) is 13.5. The number of carbonyl (C=O) groups excluding carboxylic acids is 1. The molecule has 0 spiro atoms. The van der Waals surface area contributed by atoms with E-state index in [9.17, 15) is 29.2 Å². The van der Waals surface area contributed by atoms with Crippen LogP contribution in [-0.2, 0) is 6.42 Å². The van der Waals surface area contributed by atoms with Gasteiger partial charge in [0.25, 0.3) is 11.6 Å². The van der Waals surface area contributed by atoms with Crippen molar-refractivity contribution in [2.45, 2.75) is 38.1 Å². The zero-order valence-corrected chi connectivity index (χ0v) is 22.5. The number of aryl methyl sites for hydroxylation is 1. The molecule has 210 valence electrons. The molecule has 0 radical (unpaired) electrons. The lowest BCUT2D eigenvalue weighted by Crippen LogP contribution is -2.33. The number of fused-ring (bicyclic) bond motifs is 1. The minimum atomic E-state index is -1.00. The first kappa shape index (κ1) is 27.8. The van der Waals surface area contributed by atoms with Crippen molar-refractivity contribution in [3.05, 3.63) is 128 Å². The number of allylic oxidation sites excluding steroid dienone is 3. The number of carboxylic acid groups (broad SMARTS) is 1. The molecule has 1 aliphatic heterocycles. The number of nitro benzene ring substituents is 1. The molecule has 0 bridgehead atoms. The summed E-state index contributed by atoms with van der Waals surface area (Å²) < 4.78 is 15.0. The molecule has 5 rings (SSSR count). The number of nitro groups is 1. The highest BCUT2D eigenvalue weighted by molar-refractivity contribution is 5.95. The van der Waals surface area contributed by atoms with Gasteiger partial charge in [0.2, 0.25) is 0 Å². The molecule has 2 N–H and O–H groups in total. The number of rotatable bonds is 8. The predicted molar refractivity (Wildman–Crippen MR) is 154 cm³/mol. The topological polar surface area (TPSA) is 113 Å². The number of halogens is 1. The van der Waals surface area contributed by atoms with Crippen molar-refractivity contribution >= 4 is 23.3 Å². The van der Waals surface area contributed by atoms with Crippen LogP contribution in [0.2, 0.25) is 0 Å². The zero-order chi connectivity index (χ0) is 29.1. The van der Waals surface area contributed by atoms with Crippen LogP contribution in [0, 0.1) is 10.1 Å². The van der Waals surface area contributed by atoms with Gasteiger partial charge < -0.3 is 15.3 Å². The summed E-state index contributed by atoms with van der Waals surface area (Å²) in [5.74, 6) is -1.78. The molecule has 0 saturated carbocycles. The number of amides is 1. The number of nitrogens with zero attached hydrogens (tertiary/aromatic N) is 2. The standard InChI is InChI=1S/C32H30FN3O5/c1-20(21-8-12-26(13-9-21)36(40)41)34-31(37)24-11-15-30-23(18-24)5-4-16-35(30)19-25-17-22(10-14-29(25)33)27-6-2-3-7-28(27)32(38)39/h2-3,6-15,18,20,22H,4-5,16-17,19H2,1H3,(H,34,37)(H,38,39)/t20-,22?/m0/s1. The minimum Gasteiger partial charge on any atom is -0.478 e. The van der Waals surface area contributed by atoms with Crippen LogP contribution < -0.4 is 10.2 Å². The summed E-state index contributed by atoms with van der Waals surface area (Å²) in [6.07, 6.45) is 5.20. The Labute approximate surface area is 237 Å². The van der Waals surface area contributed by atoms with E-state index in [0.29, 0.717) is 29.7 Å². The Morgan fingerprint density at radius 3 is 2.63 bits per heavy atom. The Hall–Kier alpha value is -4.79. The van der Waals surface area contributed by atoms with Crippen molar-refractivity contribution in [2.24, 2.45) is 0 Å². The third-order valence-corrected chi connectivity index (χ3v) is 7.76. The van der Waals surface area contributed by atoms with Crippen LogP contribution in [0.25, 0.3) is 0 Å². The summed E-state index contributed by atoms with van der Waals surface area (Å²) in [5, 5.41) is 23.5. The predicted octanol–water partition coefficient (Wildman–Crippen LogP) is 6.50. The number of hydrogen-bond acceptors (Lipinski definition) is 5. The second kappa shape index (κ2) is 11.8. The Morgan fingerprint density at radius 2 is 1.90 bits per heavy atom. The Bertz CT molecular complexity index is 1560. The third-order valence-electron chi connectivity index (χ3n) is 7.76. The van der Waals surface area contributed by atoms with E-state index in [1.165, 1.54) is 18.2 Å². The monoisotopic (exact) mass is 555 g/mol. The van der Waals surface area contributed by atoms with Gasteiger partial charge in [-0.25, -0.2) is 9.18 Å². The molecule has 3 aromatic rings. The summed E-state index contributed by atoms with van der Waals surface area (Å²) in [4.78, 5) is 37.3. The average Bonchev–Trinajstić information content (AvgIpc) is 2.98. The molecule has 1 unspecified atom stereocenters. The van der Waals surface area contributed by atoms with E-state index in [0.717, 1.165) is 36.2 Å². The van der Waals surface area contributed by atoms with Gasteiger partial charge in [0, 0.05) is 42.4 Å². The number of anilines is 1. The van der Waals surface area contributed by atoms with Crippen molar-refractivity contribution in [3.63, 3.8) is 0 Å². The van der Waals surface area contributed by atoms with Gasteiger partial charge in [-0.3, -0.25) is 14.9 Å². The fourth-order valence-electron chi connectivity index (χ4n) is 5.58. The fraction of sp³-hybridized carbons (Fsp3) is 0.250. The molecule has 2 aliphatic rings. The van der Waals surface area contributed by atoms with Crippen molar-refractivity contribution in [3.8, 4) is 0 Å². The number of benzene rings is 3. The lowest BCUT2D eigenvalue weighted by Gasteiger charge is -2.34. The van der Waals surface area contributed by atoms with Crippen molar-refractivity contribution in [1.29, 1.82) is 0 Å². The van der Waals surface area contributed by atoms with Gasteiger partial charge >= 0.3 is 5.97 Å². The molecule has 2 atom stereocenters. The van der Waals surface area contributed by atoms with E-state index in [1.54, 1.807) is 48.5 Å². The van der Waals surface area contributed by atoms with E-state index >= 15 is 0 Å². The Kier molecular flexibility index (Phi) is 7.96. The van der Waals surface area contributed by atoms with Gasteiger partial charge in [-0.15, -0.1) is 0 Å². The van der Waals surface area contributed by atoms with Crippen LogP contribution in [0.4, 0.5) is 15.8 Å². The summed E-state index contributed by atoms with van der Waals surface area (Å²) in [6, 6.07) is 18.1. The van der Waals surface area contributed by atoms with E-state index < -0.39 is 10.9 Å². The first-order chi connectivity index (χ1) is 19.7. The lowest BCUT2D eigenvalue weighted by molar-refractivity contribution is -0.384. The number of nitrogens with one attached hydrogen (secondary N) is 1. The van der Waals surface area contributed by atoms with Gasteiger partial charge in [0.15, 0.2) is 0 Å². The molecular formula is C32H30FN3O5. The summed E-state index contributed by atoms with van der Waals surface area (Å²) >= 11 is 0. The van der Waals surface area contributed by atoms with E-state index in [2.05, 4.69) is 10.2 Å². The van der Waals surface area contributed by atoms with Crippen molar-refractivity contribution in [2.75, 3.05) is 18.0 Å². The van der Waals surface area contributed by atoms with E-state index in [4.69, 9.17) is 0 Å². The third kappa shape index (κ3) is 6.04. The minimum absolute atomic E-state index is 0.00740. The highest BCUT2D eigenvalue weighted by Crippen LogP contribution is 2.36. The molecule has 0 fully saturated rings. The van der Waals surface area contributed by atoms with Crippen LogP contribution in [0.15, 0.2) is 90.3 Å². The van der Waals surface area contributed by atoms with Crippen LogP contribution in [0.5, 0.6) is 0 Å². The quantitative estimate of drug-likeness (QED) is 0.242. The Balaban J connectivity index is 1.29. The average molecular weight is 556 g/mol. The van der Waals surface area contributed by atoms with Gasteiger partial charge in [-0.1, -0.05) is 36.4 Å². The molecular weight excluding hydrogens is 525 g/mol. The van der Waals surface area contributed by atoms with Crippen molar-refractivity contribution < 1.29 is 24.0 Å². The molecule has 3 aromatic carbocycles. The molecule has 9 heteroatoms. The largest absolute Gasteiger partial charge is 0.478 e. The molecule has 41 heavy (non-hydrogen) atoms. The van der Waals surface area contributed by atoms with Gasteiger partial charge in [-0.05, 0) is 78.8 Å². The van der Waals surface area contributed by atoms with Crippen LogP contribution in [0.1, 0.15) is 69.1 Å². The van der Waals surface area contributed by atoms with Crippen LogP contribution in [-0.4, -0.2) is 35.0 Å². The normalized spacial score (nSPS) is 17.1. The molecule has 1 aliphatic carbocycles. The van der Waals surface area contributed by atoms with Gasteiger partial charge in [0.05, 0.1) is 16.5 Å². The molecule has 1 amide bonds. The number of non-ortho nitro benzene ring substituents is 1. The van der Waals surface area contributed by atoms with Crippen LogP contribution in [0.3, 0.4) is 0 Å². The van der Waals surface area contributed by atoms with Crippen LogP contribution >= 0.6 is 0 Å². The fourth-order valence-corrected chi connectivity index (χ4v) is 5.58. The number of carboxylic acids is 1. The highest BCUT2D eigenvalue weighted by Gasteiger charge is 2.26. The maximum absolute atomic E-state index is 15.0. The van der Waals surface area contributed by atoms with Gasteiger partial charge in [-0.2, -0.15) is 0 Å². The smallest absolute Gasteiger partial charge is 0.335 e. The molecule has 1 heterocycles. The Morgan fingerprint density at radius 1 is 1.15 bits per heavy atom. The first-order valence-corrected chi connectivity index (χ1v) is 13.5. The summed E-state index contributed by atoms with van der Waals surface area (Å²) in [6.45, 7) is 2.94.